The van der Waals surface area contributed by atoms with Gasteiger partial charge >= 0.3 is 0 Å². The highest BCUT2D eigenvalue weighted by Crippen LogP contribution is 2.37. The first kappa shape index (κ1) is 12.7. The Bertz CT molecular complexity index is 832. The predicted octanol–water partition coefficient (Wildman–Crippen LogP) is 4.23. The van der Waals surface area contributed by atoms with Gasteiger partial charge in [0.1, 0.15) is 17.6 Å². The van der Waals surface area contributed by atoms with E-state index in [0.717, 1.165) is 35.5 Å². The van der Waals surface area contributed by atoms with Crippen molar-refractivity contribution in [2.45, 2.75) is 32.8 Å². The van der Waals surface area contributed by atoms with Crippen molar-refractivity contribution in [3.8, 4) is 0 Å². The minimum Gasteiger partial charge on any atom is -0.466 e. The zero-order chi connectivity index (χ0) is 14.6. The zero-order valence-corrected chi connectivity index (χ0v) is 12.3. The van der Waals surface area contributed by atoms with Crippen molar-refractivity contribution in [2.24, 2.45) is 0 Å². The van der Waals surface area contributed by atoms with Gasteiger partial charge in [-0.25, -0.2) is 0 Å². The van der Waals surface area contributed by atoms with E-state index in [1.807, 2.05) is 19.9 Å². The first-order chi connectivity index (χ1) is 10.1. The minimum atomic E-state index is -0.632. The molecular weight excluding hydrogens is 260 g/mol. The minimum absolute atomic E-state index is 0.632. The lowest BCUT2D eigenvalue weighted by molar-refractivity contribution is 0.219. The second-order valence-electron chi connectivity index (χ2n) is 5.92. The summed E-state index contributed by atoms with van der Waals surface area (Å²) in [5.74, 6) is 1.63. The van der Waals surface area contributed by atoms with E-state index in [-0.39, 0.29) is 0 Å². The molecule has 1 aliphatic carbocycles. The van der Waals surface area contributed by atoms with Crippen molar-refractivity contribution in [1.82, 2.24) is 0 Å². The first-order valence-electron chi connectivity index (χ1n) is 7.43. The van der Waals surface area contributed by atoms with Gasteiger partial charge in [-0.1, -0.05) is 30.3 Å². The van der Waals surface area contributed by atoms with Gasteiger partial charge in [-0.3, -0.25) is 0 Å². The number of hydrogen-bond donors (Lipinski definition) is 1. The van der Waals surface area contributed by atoms with Crippen LogP contribution in [0.1, 0.15) is 39.9 Å². The summed E-state index contributed by atoms with van der Waals surface area (Å²) >= 11 is 0. The van der Waals surface area contributed by atoms with Crippen molar-refractivity contribution >= 4 is 10.8 Å². The summed E-state index contributed by atoms with van der Waals surface area (Å²) in [5.41, 5.74) is 4.64. The molecule has 2 aromatic carbocycles. The molecule has 0 aliphatic heterocycles. The molecule has 1 atom stereocenters. The molecule has 1 aliphatic rings. The second-order valence-corrected chi connectivity index (χ2v) is 5.92. The molecule has 0 saturated carbocycles. The van der Waals surface area contributed by atoms with Crippen LogP contribution in [0.3, 0.4) is 0 Å². The number of aliphatic hydroxyl groups excluding tert-OH is 1. The van der Waals surface area contributed by atoms with Crippen LogP contribution < -0.4 is 0 Å². The Morgan fingerprint density at radius 3 is 2.48 bits per heavy atom. The van der Waals surface area contributed by atoms with Crippen molar-refractivity contribution < 1.29 is 9.52 Å². The van der Waals surface area contributed by atoms with Gasteiger partial charge in [0, 0.05) is 5.56 Å². The van der Waals surface area contributed by atoms with E-state index >= 15 is 0 Å². The summed E-state index contributed by atoms with van der Waals surface area (Å²) < 4.78 is 5.57. The van der Waals surface area contributed by atoms with Gasteiger partial charge in [-0.15, -0.1) is 0 Å². The van der Waals surface area contributed by atoms with E-state index in [0.29, 0.717) is 0 Å². The molecule has 4 rings (SSSR count). The SMILES string of the molecule is Cc1cc(C(O)c2ccc3c4c(cccc24)CC3)c(C)o1. The number of aryl methyl sites for hydroxylation is 4. The van der Waals surface area contributed by atoms with E-state index in [1.165, 1.54) is 21.9 Å². The molecule has 2 nitrogen and oxygen atoms in total. The third-order valence-corrected chi connectivity index (χ3v) is 4.58. The van der Waals surface area contributed by atoms with Gasteiger partial charge < -0.3 is 9.52 Å². The lowest BCUT2D eigenvalue weighted by atomic mass is 9.93. The van der Waals surface area contributed by atoms with Crippen molar-refractivity contribution in [2.75, 3.05) is 0 Å². The lowest BCUT2D eigenvalue weighted by Gasteiger charge is -2.14. The molecule has 21 heavy (non-hydrogen) atoms. The molecule has 0 radical (unpaired) electrons. The maximum atomic E-state index is 10.8. The first-order valence-corrected chi connectivity index (χ1v) is 7.43. The summed E-state index contributed by atoms with van der Waals surface area (Å²) in [6, 6.07) is 12.6. The number of aliphatic hydroxyl groups is 1. The monoisotopic (exact) mass is 278 g/mol. The Hall–Kier alpha value is -2.06. The second kappa shape index (κ2) is 4.47. The van der Waals surface area contributed by atoms with Crippen LogP contribution >= 0.6 is 0 Å². The third-order valence-electron chi connectivity index (χ3n) is 4.58. The Kier molecular flexibility index (Phi) is 2.69. The van der Waals surface area contributed by atoms with Gasteiger partial charge in [0.15, 0.2) is 0 Å². The van der Waals surface area contributed by atoms with Crippen LogP contribution in [0.15, 0.2) is 40.8 Å². The van der Waals surface area contributed by atoms with Crippen molar-refractivity contribution in [3.63, 3.8) is 0 Å². The van der Waals surface area contributed by atoms with E-state index in [1.54, 1.807) is 0 Å². The topological polar surface area (TPSA) is 33.4 Å². The van der Waals surface area contributed by atoms with E-state index in [2.05, 4.69) is 30.3 Å². The maximum Gasteiger partial charge on any atom is 0.108 e. The summed E-state index contributed by atoms with van der Waals surface area (Å²) in [5, 5.41) is 13.3. The molecule has 0 amide bonds. The van der Waals surface area contributed by atoms with Crippen LogP contribution in [0.25, 0.3) is 10.8 Å². The Labute approximate surface area is 124 Å². The fourth-order valence-corrected chi connectivity index (χ4v) is 3.60. The van der Waals surface area contributed by atoms with Gasteiger partial charge in [-0.2, -0.15) is 0 Å². The molecule has 0 bridgehead atoms. The number of furan rings is 1. The van der Waals surface area contributed by atoms with E-state index in [4.69, 9.17) is 4.42 Å². The smallest absolute Gasteiger partial charge is 0.108 e. The predicted molar refractivity (Wildman–Crippen MR) is 83.6 cm³/mol. The van der Waals surface area contributed by atoms with Gasteiger partial charge in [0.05, 0.1) is 0 Å². The molecule has 1 heterocycles. The zero-order valence-electron chi connectivity index (χ0n) is 12.3. The van der Waals surface area contributed by atoms with Gasteiger partial charge in [0.2, 0.25) is 0 Å². The Morgan fingerprint density at radius 1 is 1.00 bits per heavy atom. The van der Waals surface area contributed by atoms with E-state index < -0.39 is 6.10 Å². The molecule has 2 heteroatoms. The molecule has 1 unspecified atom stereocenters. The average Bonchev–Trinajstić information content (AvgIpc) is 3.04. The Morgan fingerprint density at radius 2 is 1.76 bits per heavy atom. The van der Waals surface area contributed by atoms with Gasteiger partial charge in [0.25, 0.3) is 0 Å². The van der Waals surface area contributed by atoms with Gasteiger partial charge in [-0.05, 0) is 60.2 Å². The van der Waals surface area contributed by atoms with Crippen LogP contribution in [-0.4, -0.2) is 5.11 Å². The molecule has 1 aromatic heterocycles. The normalized spacial score (nSPS) is 14.8. The van der Waals surface area contributed by atoms with Crippen LogP contribution in [0.5, 0.6) is 0 Å². The van der Waals surface area contributed by atoms with Crippen molar-refractivity contribution in [3.05, 3.63) is 70.2 Å². The molecule has 0 fully saturated rings. The third kappa shape index (κ3) is 1.83. The molecule has 3 aromatic rings. The Balaban J connectivity index is 1.94. The molecule has 106 valence electrons. The van der Waals surface area contributed by atoms with Crippen LogP contribution in [-0.2, 0) is 12.8 Å². The fourth-order valence-electron chi connectivity index (χ4n) is 3.60. The van der Waals surface area contributed by atoms with E-state index in [9.17, 15) is 5.11 Å². The summed E-state index contributed by atoms with van der Waals surface area (Å²) in [4.78, 5) is 0. The van der Waals surface area contributed by atoms with Crippen LogP contribution in [0.2, 0.25) is 0 Å². The lowest BCUT2D eigenvalue weighted by Crippen LogP contribution is -2.01. The number of rotatable bonds is 2. The number of benzene rings is 2. The maximum absolute atomic E-state index is 10.8. The van der Waals surface area contributed by atoms with Crippen molar-refractivity contribution in [1.29, 1.82) is 0 Å². The highest BCUT2D eigenvalue weighted by molar-refractivity contribution is 5.93. The summed E-state index contributed by atoms with van der Waals surface area (Å²) in [7, 11) is 0. The molecule has 1 N–H and O–H groups in total. The highest BCUT2D eigenvalue weighted by atomic mass is 16.3. The molecule has 0 spiro atoms. The molecular formula is C19H18O2. The average molecular weight is 278 g/mol. The largest absolute Gasteiger partial charge is 0.466 e. The quantitative estimate of drug-likeness (QED) is 0.761. The fraction of sp³-hybridized carbons (Fsp3) is 0.263. The standard InChI is InChI=1S/C19H18O2/c1-11-10-17(12(2)21-11)19(20)16-9-8-14-7-6-13-4-3-5-15(16)18(13)14/h3-5,8-10,19-20H,6-7H2,1-2H3. The molecule has 0 saturated heterocycles. The summed E-state index contributed by atoms with van der Waals surface area (Å²) in [6.07, 6.45) is 1.58. The highest BCUT2D eigenvalue weighted by Gasteiger charge is 2.22. The summed E-state index contributed by atoms with van der Waals surface area (Å²) in [6.45, 7) is 3.82. The van der Waals surface area contributed by atoms with Crippen LogP contribution in [0.4, 0.5) is 0 Å². The number of hydrogen-bond acceptors (Lipinski definition) is 2. The van der Waals surface area contributed by atoms with Crippen LogP contribution in [0, 0.1) is 13.8 Å².